The Kier molecular flexibility index (Phi) is 2.35. The van der Waals surface area contributed by atoms with Gasteiger partial charge < -0.3 is 5.73 Å². The summed E-state index contributed by atoms with van der Waals surface area (Å²) in [4.78, 5) is 0. The summed E-state index contributed by atoms with van der Waals surface area (Å²) >= 11 is 0. The molecule has 1 rings (SSSR count). The Morgan fingerprint density at radius 2 is 2.09 bits per heavy atom. The predicted octanol–water partition coefficient (Wildman–Crippen LogP) is 0.273. The molecule has 2 N–H and O–H groups in total. The smallest absolute Gasteiger partial charge is 0.139 e. The van der Waals surface area contributed by atoms with Gasteiger partial charge in [0.1, 0.15) is 7.85 Å². The maximum atomic E-state index is 5.73. The van der Waals surface area contributed by atoms with E-state index in [4.69, 9.17) is 5.73 Å². The number of nitrogens with two attached hydrogens (primary N) is 1. The summed E-state index contributed by atoms with van der Waals surface area (Å²) in [7, 11) is 2.11. The molecule has 11 heavy (non-hydrogen) atoms. The van der Waals surface area contributed by atoms with Gasteiger partial charge in [-0.05, 0) is 19.4 Å². The monoisotopic (exact) mass is 147 g/mol. The summed E-state index contributed by atoms with van der Waals surface area (Å²) in [5.41, 5.74) is 9.60. The number of hydrogen-bond donors (Lipinski definition) is 1. The lowest BCUT2D eigenvalue weighted by Crippen LogP contribution is -2.11. The van der Waals surface area contributed by atoms with Gasteiger partial charge in [0.25, 0.3) is 0 Å². The lowest BCUT2D eigenvalue weighted by atomic mass is 9.89. The second-order valence-corrected chi connectivity index (χ2v) is 3.13. The van der Waals surface area contributed by atoms with Crippen LogP contribution in [0.5, 0.6) is 0 Å². The minimum atomic E-state index is 0.147. The Labute approximate surface area is 69.0 Å². The SMILES string of the molecule is Bc1ccc(C(C)N)cc1C. The molecule has 0 aliphatic heterocycles. The number of aryl methyl sites for hydroxylation is 1. The molecule has 0 saturated carbocycles. The van der Waals surface area contributed by atoms with E-state index >= 15 is 0 Å². The van der Waals surface area contributed by atoms with E-state index < -0.39 is 0 Å². The highest BCUT2D eigenvalue weighted by Gasteiger charge is 1.99. The Bertz CT molecular complexity index is 256. The fourth-order valence-corrected chi connectivity index (χ4v) is 1.05. The Morgan fingerprint density at radius 3 is 2.55 bits per heavy atom. The number of benzene rings is 1. The molecule has 0 aromatic heterocycles. The second kappa shape index (κ2) is 3.10. The third kappa shape index (κ3) is 1.84. The van der Waals surface area contributed by atoms with E-state index in [-0.39, 0.29) is 6.04 Å². The zero-order valence-corrected chi connectivity index (χ0v) is 7.39. The van der Waals surface area contributed by atoms with Crippen molar-refractivity contribution in [3.63, 3.8) is 0 Å². The van der Waals surface area contributed by atoms with Gasteiger partial charge in [0.15, 0.2) is 0 Å². The van der Waals surface area contributed by atoms with Gasteiger partial charge >= 0.3 is 0 Å². The van der Waals surface area contributed by atoms with Crippen LogP contribution in [-0.2, 0) is 0 Å². The van der Waals surface area contributed by atoms with Gasteiger partial charge in [-0.25, -0.2) is 0 Å². The van der Waals surface area contributed by atoms with E-state index in [1.54, 1.807) is 0 Å². The van der Waals surface area contributed by atoms with Crippen LogP contribution < -0.4 is 11.2 Å². The molecule has 1 unspecified atom stereocenters. The van der Waals surface area contributed by atoms with Crippen LogP contribution in [0.4, 0.5) is 0 Å². The molecular formula is C9H14BN. The predicted molar refractivity (Wildman–Crippen MR) is 52.0 cm³/mol. The number of rotatable bonds is 1. The Hall–Kier alpha value is -0.755. The van der Waals surface area contributed by atoms with E-state index in [1.807, 2.05) is 6.92 Å². The van der Waals surface area contributed by atoms with E-state index in [0.717, 1.165) is 0 Å². The summed E-state index contributed by atoms with van der Waals surface area (Å²) in [5, 5.41) is 0. The molecule has 0 spiro atoms. The van der Waals surface area contributed by atoms with Gasteiger partial charge in [-0.2, -0.15) is 0 Å². The van der Waals surface area contributed by atoms with Gasteiger partial charge in [-0.1, -0.05) is 29.2 Å². The normalized spacial score (nSPS) is 13.0. The highest BCUT2D eigenvalue weighted by Crippen LogP contribution is 2.08. The van der Waals surface area contributed by atoms with Crippen molar-refractivity contribution in [2.75, 3.05) is 0 Å². The Balaban J connectivity index is 3.05. The molecule has 58 valence electrons. The maximum Gasteiger partial charge on any atom is 0.139 e. The summed E-state index contributed by atoms with van der Waals surface area (Å²) in [6, 6.07) is 6.51. The van der Waals surface area contributed by atoms with Crippen LogP contribution in [0.25, 0.3) is 0 Å². The zero-order chi connectivity index (χ0) is 8.43. The standard InChI is InChI=1S/C9H14BN/c1-6-5-8(7(2)11)3-4-9(6)10/h3-5,7H,10-11H2,1-2H3. The highest BCUT2D eigenvalue weighted by molar-refractivity contribution is 6.33. The molecule has 0 fully saturated rings. The van der Waals surface area contributed by atoms with Crippen LogP contribution >= 0.6 is 0 Å². The van der Waals surface area contributed by atoms with Crippen LogP contribution in [-0.4, -0.2) is 7.85 Å². The topological polar surface area (TPSA) is 26.0 Å². The van der Waals surface area contributed by atoms with Crippen molar-refractivity contribution < 1.29 is 0 Å². The molecule has 0 bridgehead atoms. The van der Waals surface area contributed by atoms with E-state index in [1.165, 1.54) is 16.6 Å². The highest BCUT2D eigenvalue weighted by atomic mass is 14.6. The third-order valence-electron chi connectivity index (χ3n) is 2.06. The molecule has 1 aromatic rings. The molecule has 0 aliphatic carbocycles. The first-order valence-corrected chi connectivity index (χ1v) is 3.94. The average Bonchev–Trinajstić information content (AvgIpc) is 1.94. The van der Waals surface area contributed by atoms with E-state index in [9.17, 15) is 0 Å². The molecule has 0 saturated heterocycles. The maximum absolute atomic E-state index is 5.73. The average molecular weight is 147 g/mol. The molecule has 0 radical (unpaired) electrons. The molecule has 1 aromatic carbocycles. The molecular weight excluding hydrogens is 133 g/mol. The fourth-order valence-electron chi connectivity index (χ4n) is 1.05. The van der Waals surface area contributed by atoms with Crippen molar-refractivity contribution >= 4 is 13.3 Å². The first-order valence-electron chi connectivity index (χ1n) is 3.94. The summed E-state index contributed by atoms with van der Waals surface area (Å²) < 4.78 is 0. The van der Waals surface area contributed by atoms with Crippen LogP contribution in [0.3, 0.4) is 0 Å². The molecule has 2 heteroatoms. The van der Waals surface area contributed by atoms with Gasteiger partial charge in [-0.3, -0.25) is 0 Å². The van der Waals surface area contributed by atoms with Gasteiger partial charge in [0.05, 0.1) is 0 Å². The molecule has 0 aliphatic rings. The first kappa shape index (κ1) is 8.34. The van der Waals surface area contributed by atoms with Crippen LogP contribution in [0.2, 0.25) is 0 Å². The van der Waals surface area contributed by atoms with Crippen LogP contribution in [0.1, 0.15) is 24.1 Å². The summed E-state index contributed by atoms with van der Waals surface area (Å²) in [5.74, 6) is 0. The zero-order valence-electron chi connectivity index (χ0n) is 7.39. The van der Waals surface area contributed by atoms with Crippen molar-refractivity contribution in [2.45, 2.75) is 19.9 Å². The second-order valence-electron chi connectivity index (χ2n) is 3.13. The van der Waals surface area contributed by atoms with Gasteiger partial charge in [0, 0.05) is 6.04 Å². The third-order valence-corrected chi connectivity index (χ3v) is 2.06. The van der Waals surface area contributed by atoms with Crippen molar-refractivity contribution in [3.05, 3.63) is 29.3 Å². The van der Waals surface area contributed by atoms with Crippen molar-refractivity contribution in [1.29, 1.82) is 0 Å². The minimum Gasteiger partial charge on any atom is -0.324 e. The van der Waals surface area contributed by atoms with E-state index in [0.29, 0.717) is 0 Å². The van der Waals surface area contributed by atoms with Crippen molar-refractivity contribution in [1.82, 2.24) is 0 Å². The molecule has 1 atom stereocenters. The lowest BCUT2D eigenvalue weighted by Gasteiger charge is -2.07. The fraction of sp³-hybridized carbons (Fsp3) is 0.333. The quantitative estimate of drug-likeness (QED) is 0.567. The van der Waals surface area contributed by atoms with Gasteiger partial charge in [0.2, 0.25) is 0 Å². The van der Waals surface area contributed by atoms with Crippen LogP contribution in [0.15, 0.2) is 18.2 Å². The Morgan fingerprint density at radius 1 is 1.45 bits per heavy atom. The molecule has 0 amide bonds. The summed E-state index contributed by atoms with van der Waals surface area (Å²) in [6.07, 6.45) is 0. The van der Waals surface area contributed by atoms with E-state index in [2.05, 4.69) is 33.0 Å². The molecule has 1 nitrogen and oxygen atoms in total. The van der Waals surface area contributed by atoms with Crippen molar-refractivity contribution in [3.8, 4) is 0 Å². The molecule has 0 heterocycles. The largest absolute Gasteiger partial charge is 0.324 e. The summed E-state index contributed by atoms with van der Waals surface area (Å²) in [6.45, 7) is 4.12. The van der Waals surface area contributed by atoms with Crippen LogP contribution in [0, 0.1) is 6.92 Å². The first-order chi connectivity index (χ1) is 5.11. The lowest BCUT2D eigenvalue weighted by molar-refractivity contribution is 0.817. The van der Waals surface area contributed by atoms with Crippen molar-refractivity contribution in [2.24, 2.45) is 5.73 Å². The number of hydrogen-bond acceptors (Lipinski definition) is 1. The van der Waals surface area contributed by atoms with Gasteiger partial charge in [-0.15, -0.1) is 0 Å². The minimum absolute atomic E-state index is 0.147.